The zero-order valence-electron chi connectivity index (χ0n) is 17.2. The number of aryl methyl sites for hydroxylation is 2. The molecule has 3 rings (SSSR count). The number of nitrogens with two attached hydrogens (primary N) is 1. The summed E-state index contributed by atoms with van der Waals surface area (Å²) in [5.74, 6) is -0.249. The Hall–Kier alpha value is -2.45. The fourth-order valence-corrected chi connectivity index (χ4v) is 5.48. The number of benzene rings is 1. The molecule has 0 radical (unpaired) electrons. The number of hydrogen-bond acceptors (Lipinski definition) is 6. The van der Waals surface area contributed by atoms with E-state index in [2.05, 4.69) is 18.0 Å². The van der Waals surface area contributed by atoms with Crippen molar-refractivity contribution >= 4 is 15.7 Å². The van der Waals surface area contributed by atoms with E-state index in [9.17, 15) is 13.2 Å². The minimum Gasteiger partial charge on any atom is -0.494 e. The van der Waals surface area contributed by atoms with Crippen LogP contribution in [0.15, 0.2) is 47.5 Å². The van der Waals surface area contributed by atoms with Crippen molar-refractivity contribution in [1.29, 1.82) is 0 Å². The molecular formula is C22H28N2O5S. The van der Waals surface area contributed by atoms with Crippen molar-refractivity contribution in [2.24, 2.45) is 5.73 Å². The van der Waals surface area contributed by atoms with E-state index in [4.69, 9.17) is 15.2 Å². The summed E-state index contributed by atoms with van der Waals surface area (Å²) in [6.07, 6.45) is 4.62. The topological polar surface area (TPSA) is 109 Å². The van der Waals surface area contributed by atoms with Gasteiger partial charge in [0.1, 0.15) is 5.75 Å². The summed E-state index contributed by atoms with van der Waals surface area (Å²) in [5, 5.41) is 0. The number of hydrogen-bond donors (Lipinski definition) is 1. The highest BCUT2D eigenvalue weighted by Gasteiger charge is 2.51. The van der Waals surface area contributed by atoms with Gasteiger partial charge >= 0.3 is 0 Å². The van der Waals surface area contributed by atoms with Gasteiger partial charge in [-0.2, -0.15) is 0 Å². The number of nitrogens with zero attached hydrogens (tertiary/aromatic N) is 1. The van der Waals surface area contributed by atoms with Crippen LogP contribution in [0, 0.1) is 0 Å². The van der Waals surface area contributed by atoms with Crippen molar-refractivity contribution in [2.75, 3.05) is 19.8 Å². The minimum absolute atomic E-state index is 0.0665. The van der Waals surface area contributed by atoms with Crippen LogP contribution in [0.5, 0.6) is 5.75 Å². The summed E-state index contributed by atoms with van der Waals surface area (Å²) in [6, 6.07) is 10.3. The summed E-state index contributed by atoms with van der Waals surface area (Å²) in [4.78, 5) is 16.5. The third-order valence-electron chi connectivity index (χ3n) is 5.52. The molecule has 2 aromatic rings. The van der Waals surface area contributed by atoms with E-state index < -0.39 is 20.5 Å². The first kappa shape index (κ1) is 22.2. The number of ether oxygens (including phenoxy) is 2. The Bertz CT molecular complexity index is 950. The van der Waals surface area contributed by atoms with Gasteiger partial charge < -0.3 is 15.2 Å². The maximum atomic E-state index is 13.1. The lowest BCUT2D eigenvalue weighted by Crippen LogP contribution is -2.53. The van der Waals surface area contributed by atoms with E-state index in [1.165, 1.54) is 12.1 Å². The van der Waals surface area contributed by atoms with Crippen molar-refractivity contribution in [3.63, 3.8) is 0 Å². The van der Waals surface area contributed by atoms with Crippen molar-refractivity contribution < 1.29 is 22.7 Å². The summed E-state index contributed by atoms with van der Waals surface area (Å²) >= 11 is 0. The molecule has 1 aromatic carbocycles. The van der Waals surface area contributed by atoms with Crippen LogP contribution in [-0.2, 0) is 32.2 Å². The highest BCUT2D eigenvalue weighted by Crippen LogP contribution is 2.35. The molecule has 0 aliphatic carbocycles. The third-order valence-corrected chi connectivity index (χ3v) is 8.06. The molecule has 2 heterocycles. The second kappa shape index (κ2) is 9.57. The summed E-state index contributed by atoms with van der Waals surface area (Å²) in [6.45, 7) is 2.97. The summed E-state index contributed by atoms with van der Waals surface area (Å²) in [7, 11) is -3.92. The molecule has 2 N–H and O–H groups in total. The Morgan fingerprint density at radius 1 is 1.17 bits per heavy atom. The molecule has 8 heteroatoms. The number of sulfone groups is 1. The fraction of sp³-hybridized carbons (Fsp3) is 0.455. The van der Waals surface area contributed by atoms with Gasteiger partial charge in [0.2, 0.25) is 5.91 Å². The molecule has 7 nitrogen and oxygen atoms in total. The number of primary amides is 1. The van der Waals surface area contributed by atoms with Crippen LogP contribution >= 0.6 is 0 Å². The average Bonchev–Trinajstić information content (AvgIpc) is 2.77. The van der Waals surface area contributed by atoms with Gasteiger partial charge in [0.05, 0.1) is 11.5 Å². The van der Waals surface area contributed by atoms with Crippen molar-refractivity contribution in [3.05, 3.63) is 53.9 Å². The molecule has 1 amide bonds. The van der Waals surface area contributed by atoms with Crippen LogP contribution in [0.1, 0.15) is 37.4 Å². The molecular weight excluding hydrogens is 404 g/mol. The zero-order valence-corrected chi connectivity index (χ0v) is 18.0. The molecule has 1 fully saturated rings. The minimum atomic E-state index is -3.92. The molecule has 0 unspecified atom stereocenters. The second-order valence-electron chi connectivity index (χ2n) is 7.41. The lowest BCUT2D eigenvalue weighted by molar-refractivity contribution is -0.122. The van der Waals surface area contributed by atoms with E-state index in [-0.39, 0.29) is 31.0 Å². The quantitative estimate of drug-likeness (QED) is 0.610. The molecule has 1 saturated heterocycles. The van der Waals surface area contributed by atoms with Crippen molar-refractivity contribution in [3.8, 4) is 5.75 Å². The summed E-state index contributed by atoms with van der Waals surface area (Å²) in [5.41, 5.74) is 7.73. The van der Waals surface area contributed by atoms with Crippen molar-refractivity contribution in [1.82, 2.24) is 4.98 Å². The number of carbonyl (C=O) groups is 1. The van der Waals surface area contributed by atoms with E-state index >= 15 is 0 Å². The Morgan fingerprint density at radius 2 is 1.87 bits per heavy atom. The molecule has 30 heavy (non-hydrogen) atoms. The van der Waals surface area contributed by atoms with Crippen LogP contribution in [0.3, 0.4) is 0 Å². The van der Waals surface area contributed by atoms with Gasteiger partial charge in [-0.25, -0.2) is 8.42 Å². The molecule has 0 atom stereocenters. The Kier molecular flexibility index (Phi) is 7.10. The van der Waals surface area contributed by atoms with Gasteiger partial charge in [-0.1, -0.05) is 13.0 Å². The van der Waals surface area contributed by atoms with E-state index in [1.54, 1.807) is 12.1 Å². The Balaban J connectivity index is 1.59. The van der Waals surface area contributed by atoms with Gasteiger partial charge in [0.15, 0.2) is 14.6 Å². The predicted molar refractivity (Wildman–Crippen MR) is 113 cm³/mol. The van der Waals surface area contributed by atoms with Crippen LogP contribution in [0.2, 0.25) is 0 Å². The predicted octanol–water partition coefficient (Wildman–Crippen LogP) is 2.46. The molecule has 1 aliphatic heterocycles. The van der Waals surface area contributed by atoms with Crippen LogP contribution in [-0.4, -0.2) is 43.9 Å². The Labute approximate surface area is 177 Å². The molecule has 0 saturated carbocycles. The SMILES string of the molecule is CCc1ccc(CCCOc2ccc(S(=O)(=O)C3(C(N)=O)CCOCC3)cc2)cn1. The van der Waals surface area contributed by atoms with E-state index in [1.807, 2.05) is 12.3 Å². The highest BCUT2D eigenvalue weighted by molar-refractivity contribution is 7.93. The first-order valence-electron chi connectivity index (χ1n) is 10.2. The molecule has 0 spiro atoms. The monoisotopic (exact) mass is 432 g/mol. The molecule has 162 valence electrons. The molecule has 1 aliphatic rings. The highest BCUT2D eigenvalue weighted by atomic mass is 32.2. The maximum Gasteiger partial charge on any atom is 0.239 e. The normalized spacial score (nSPS) is 16.2. The van der Waals surface area contributed by atoms with E-state index in [0.717, 1.165) is 30.5 Å². The first-order chi connectivity index (χ1) is 14.4. The van der Waals surface area contributed by atoms with Crippen molar-refractivity contribution in [2.45, 2.75) is 48.7 Å². The number of pyridine rings is 1. The molecule has 0 bridgehead atoms. The van der Waals surface area contributed by atoms with Gasteiger partial charge in [-0.05, 0) is 68.0 Å². The van der Waals surface area contributed by atoms with Crippen LogP contribution < -0.4 is 10.5 Å². The first-order valence-corrected chi connectivity index (χ1v) is 11.7. The van der Waals surface area contributed by atoms with Gasteiger partial charge in [0, 0.05) is 25.1 Å². The largest absolute Gasteiger partial charge is 0.494 e. The van der Waals surface area contributed by atoms with Crippen LogP contribution in [0.4, 0.5) is 0 Å². The fourth-order valence-electron chi connectivity index (χ4n) is 3.57. The van der Waals surface area contributed by atoms with Gasteiger partial charge in [-0.3, -0.25) is 9.78 Å². The van der Waals surface area contributed by atoms with Crippen LogP contribution in [0.25, 0.3) is 0 Å². The maximum absolute atomic E-state index is 13.1. The Morgan fingerprint density at radius 3 is 2.43 bits per heavy atom. The lowest BCUT2D eigenvalue weighted by Gasteiger charge is -2.33. The number of aromatic nitrogens is 1. The standard InChI is InChI=1S/C22H28N2O5S/c1-2-18-6-5-17(16-24-18)4-3-13-29-19-7-9-20(10-8-19)30(26,27)22(21(23)25)11-14-28-15-12-22/h5-10,16H,2-4,11-15H2,1H3,(H2,23,25). The van der Waals surface area contributed by atoms with Gasteiger partial charge in [0.25, 0.3) is 0 Å². The third kappa shape index (κ3) is 4.65. The molecule has 1 aromatic heterocycles. The number of amides is 1. The second-order valence-corrected chi connectivity index (χ2v) is 9.67. The average molecular weight is 433 g/mol. The number of carbonyl (C=O) groups excluding carboxylic acids is 1. The summed E-state index contributed by atoms with van der Waals surface area (Å²) < 4.78 is 35.6. The van der Waals surface area contributed by atoms with E-state index in [0.29, 0.717) is 12.4 Å². The van der Waals surface area contributed by atoms with Gasteiger partial charge in [-0.15, -0.1) is 0 Å². The smallest absolute Gasteiger partial charge is 0.239 e. The number of rotatable bonds is 9. The lowest BCUT2D eigenvalue weighted by atomic mass is 9.98. The zero-order chi connectivity index (χ0) is 21.6.